The molecule has 2 aromatic heterocycles. The Morgan fingerprint density at radius 3 is 2.81 bits per heavy atom. The second kappa shape index (κ2) is 6.15. The minimum atomic E-state index is -4.54. The third-order valence-corrected chi connectivity index (χ3v) is 4.61. The number of fused-ring (bicyclic) bond motifs is 1. The number of rotatable bonds is 3. The fourth-order valence-electron chi connectivity index (χ4n) is 3.39. The number of para-hydroxylation sites is 1. The van der Waals surface area contributed by atoms with Crippen molar-refractivity contribution in [2.24, 2.45) is 0 Å². The summed E-state index contributed by atoms with van der Waals surface area (Å²) in [6, 6.07) is 8.75. The van der Waals surface area contributed by atoms with Crippen LogP contribution in [0.25, 0.3) is 5.78 Å². The zero-order valence-corrected chi connectivity index (χ0v) is 13.9. The number of methoxy groups -OCH3 is 1. The Kier molecular flexibility index (Phi) is 3.93. The van der Waals surface area contributed by atoms with Gasteiger partial charge in [-0.15, -0.1) is 0 Å². The standard InChI is InChI=1S/C17H16F3N5O/c1-26-13-5-3-2-4-12(13)11-6-7-24(9-11)15-8-14(17(18,19)20)23-16-21-10-22-25(15)16/h2-5,8,10-11H,6-7,9H2,1H3. The van der Waals surface area contributed by atoms with E-state index in [2.05, 4.69) is 15.1 Å². The predicted molar refractivity (Wildman–Crippen MR) is 88.3 cm³/mol. The molecule has 26 heavy (non-hydrogen) atoms. The summed E-state index contributed by atoms with van der Waals surface area (Å²) in [6.45, 7) is 1.18. The molecule has 0 spiro atoms. The Bertz CT molecular complexity index is 940. The maximum absolute atomic E-state index is 13.2. The molecular formula is C17H16F3N5O. The summed E-state index contributed by atoms with van der Waals surface area (Å²) >= 11 is 0. The molecule has 1 fully saturated rings. The van der Waals surface area contributed by atoms with Crippen molar-refractivity contribution < 1.29 is 17.9 Å². The van der Waals surface area contributed by atoms with Crippen LogP contribution in [0.1, 0.15) is 23.6 Å². The molecule has 0 saturated carbocycles. The lowest BCUT2D eigenvalue weighted by molar-refractivity contribution is -0.141. The second-order valence-electron chi connectivity index (χ2n) is 6.14. The summed E-state index contributed by atoms with van der Waals surface area (Å²) in [5.74, 6) is 1.23. The number of nitrogens with zero attached hydrogens (tertiary/aromatic N) is 5. The second-order valence-corrected chi connectivity index (χ2v) is 6.14. The number of aromatic nitrogens is 4. The van der Waals surface area contributed by atoms with E-state index in [1.165, 1.54) is 10.8 Å². The van der Waals surface area contributed by atoms with Gasteiger partial charge in [0.15, 0.2) is 5.69 Å². The Hall–Kier alpha value is -2.84. The molecule has 9 heteroatoms. The highest BCUT2D eigenvalue weighted by atomic mass is 19.4. The van der Waals surface area contributed by atoms with Crippen molar-refractivity contribution in [2.75, 3.05) is 25.1 Å². The van der Waals surface area contributed by atoms with E-state index in [4.69, 9.17) is 4.74 Å². The molecule has 1 atom stereocenters. The number of alkyl halides is 3. The molecule has 1 aromatic carbocycles. The van der Waals surface area contributed by atoms with Gasteiger partial charge >= 0.3 is 6.18 Å². The zero-order chi connectivity index (χ0) is 18.3. The van der Waals surface area contributed by atoms with Crippen molar-refractivity contribution >= 4 is 11.6 Å². The summed E-state index contributed by atoms with van der Waals surface area (Å²) in [7, 11) is 1.61. The van der Waals surface area contributed by atoms with Crippen LogP contribution in [0.4, 0.5) is 19.0 Å². The minimum Gasteiger partial charge on any atom is -0.496 e. The molecule has 3 aromatic rings. The van der Waals surface area contributed by atoms with Crippen molar-refractivity contribution in [1.29, 1.82) is 0 Å². The number of ether oxygens (including phenoxy) is 1. The molecule has 136 valence electrons. The molecule has 0 N–H and O–H groups in total. The molecule has 1 unspecified atom stereocenters. The van der Waals surface area contributed by atoms with Gasteiger partial charge in [-0.1, -0.05) is 18.2 Å². The highest BCUT2D eigenvalue weighted by molar-refractivity contribution is 5.50. The van der Waals surface area contributed by atoms with Gasteiger partial charge in [0.25, 0.3) is 5.78 Å². The first kappa shape index (κ1) is 16.6. The fourth-order valence-corrected chi connectivity index (χ4v) is 3.39. The van der Waals surface area contributed by atoms with Gasteiger partial charge in [-0.25, -0.2) is 4.98 Å². The Labute approximate surface area is 147 Å². The molecule has 1 aliphatic rings. The number of halogens is 3. The maximum atomic E-state index is 13.2. The van der Waals surface area contributed by atoms with Crippen LogP contribution in [-0.2, 0) is 6.18 Å². The highest BCUT2D eigenvalue weighted by Gasteiger charge is 2.36. The van der Waals surface area contributed by atoms with E-state index < -0.39 is 11.9 Å². The first-order valence-electron chi connectivity index (χ1n) is 8.13. The van der Waals surface area contributed by atoms with Crippen molar-refractivity contribution in [3.63, 3.8) is 0 Å². The van der Waals surface area contributed by atoms with Gasteiger partial charge in [0, 0.05) is 25.1 Å². The maximum Gasteiger partial charge on any atom is 0.433 e. The predicted octanol–water partition coefficient (Wildman–Crippen LogP) is 3.15. The lowest BCUT2D eigenvalue weighted by Crippen LogP contribution is -2.24. The van der Waals surface area contributed by atoms with Gasteiger partial charge in [0.2, 0.25) is 0 Å². The fraction of sp³-hybridized carbons (Fsp3) is 0.353. The van der Waals surface area contributed by atoms with E-state index in [0.717, 1.165) is 23.8 Å². The van der Waals surface area contributed by atoms with Crippen molar-refractivity contribution in [2.45, 2.75) is 18.5 Å². The van der Waals surface area contributed by atoms with Gasteiger partial charge in [-0.2, -0.15) is 27.8 Å². The van der Waals surface area contributed by atoms with Crippen LogP contribution in [0, 0.1) is 0 Å². The van der Waals surface area contributed by atoms with Gasteiger partial charge in [0.1, 0.15) is 17.9 Å². The van der Waals surface area contributed by atoms with Gasteiger partial charge < -0.3 is 9.64 Å². The summed E-state index contributed by atoms with van der Waals surface area (Å²) in [5.41, 5.74) is 0.0891. The molecule has 6 nitrogen and oxygen atoms in total. The topological polar surface area (TPSA) is 55.5 Å². The molecule has 3 heterocycles. The first-order valence-corrected chi connectivity index (χ1v) is 8.13. The molecular weight excluding hydrogens is 347 g/mol. The van der Waals surface area contributed by atoms with Crippen LogP contribution >= 0.6 is 0 Å². The van der Waals surface area contributed by atoms with Crippen LogP contribution < -0.4 is 9.64 Å². The molecule has 1 aliphatic heterocycles. The summed E-state index contributed by atoms with van der Waals surface area (Å²) in [5, 5.41) is 4.03. The van der Waals surface area contributed by atoms with Crippen molar-refractivity contribution in [1.82, 2.24) is 19.6 Å². The normalized spacial score (nSPS) is 17.8. The molecule has 0 radical (unpaired) electrons. The Morgan fingerprint density at radius 2 is 2.04 bits per heavy atom. The van der Waals surface area contributed by atoms with E-state index in [9.17, 15) is 13.2 Å². The molecule has 4 rings (SSSR count). The molecule has 1 saturated heterocycles. The quantitative estimate of drug-likeness (QED) is 0.716. The Morgan fingerprint density at radius 1 is 1.23 bits per heavy atom. The van der Waals surface area contributed by atoms with Crippen molar-refractivity contribution in [3.05, 3.63) is 47.9 Å². The summed E-state index contributed by atoms with van der Waals surface area (Å²) < 4.78 is 46.3. The summed E-state index contributed by atoms with van der Waals surface area (Å²) in [4.78, 5) is 9.27. The van der Waals surface area contributed by atoms with E-state index in [1.54, 1.807) is 7.11 Å². The van der Waals surface area contributed by atoms with E-state index in [1.807, 2.05) is 29.2 Å². The highest BCUT2D eigenvalue weighted by Crippen LogP contribution is 2.37. The number of hydrogen-bond donors (Lipinski definition) is 0. The molecule has 0 bridgehead atoms. The van der Waals surface area contributed by atoms with Crippen LogP contribution in [0.2, 0.25) is 0 Å². The SMILES string of the molecule is COc1ccccc1C1CCN(c2cc(C(F)(F)F)nc3ncnn23)C1. The van der Waals surface area contributed by atoms with Gasteiger partial charge in [0.05, 0.1) is 7.11 Å². The number of anilines is 1. The van der Waals surface area contributed by atoms with E-state index in [-0.39, 0.29) is 11.7 Å². The first-order chi connectivity index (χ1) is 12.5. The average molecular weight is 363 g/mol. The Balaban J connectivity index is 1.70. The van der Waals surface area contributed by atoms with Crippen LogP contribution in [0.15, 0.2) is 36.7 Å². The molecule has 0 aliphatic carbocycles. The number of benzene rings is 1. The zero-order valence-electron chi connectivity index (χ0n) is 13.9. The van der Waals surface area contributed by atoms with Crippen LogP contribution in [0.5, 0.6) is 5.75 Å². The van der Waals surface area contributed by atoms with Crippen LogP contribution in [0.3, 0.4) is 0 Å². The lowest BCUT2D eigenvalue weighted by atomic mass is 9.97. The lowest BCUT2D eigenvalue weighted by Gasteiger charge is -2.21. The van der Waals surface area contributed by atoms with Crippen molar-refractivity contribution in [3.8, 4) is 5.75 Å². The third-order valence-electron chi connectivity index (χ3n) is 4.61. The van der Waals surface area contributed by atoms with Gasteiger partial charge in [-0.05, 0) is 18.1 Å². The summed E-state index contributed by atoms with van der Waals surface area (Å²) in [6.07, 6.45) is -2.52. The van der Waals surface area contributed by atoms with Gasteiger partial charge in [-0.3, -0.25) is 0 Å². The minimum absolute atomic E-state index is 0.0597. The smallest absolute Gasteiger partial charge is 0.433 e. The monoisotopic (exact) mass is 363 g/mol. The van der Waals surface area contributed by atoms with Crippen LogP contribution in [-0.4, -0.2) is 39.8 Å². The van der Waals surface area contributed by atoms with E-state index >= 15 is 0 Å². The average Bonchev–Trinajstić information content (AvgIpc) is 3.29. The van der Waals surface area contributed by atoms with E-state index in [0.29, 0.717) is 18.9 Å². The largest absolute Gasteiger partial charge is 0.496 e. The number of hydrogen-bond acceptors (Lipinski definition) is 5. The third kappa shape index (κ3) is 2.83. The molecule has 0 amide bonds.